The fraction of sp³-hybridized carbons (Fsp3) is 0.375. The van der Waals surface area contributed by atoms with E-state index in [9.17, 15) is 13.6 Å². The number of amides is 1. The number of benzene rings is 1. The molecule has 0 fully saturated rings. The molecule has 1 amide bonds. The summed E-state index contributed by atoms with van der Waals surface area (Å²) in [6.07, 6.45) is 4.69. The van der Waals surface area contributed by atoms with E-state index in [2.05, 4.69) is 4.98 Å². The summed E-state index contributed by atoms with van der Waals surface area (Å²) in [5, 5.41) is -0.175. The minimum Gasteiger partial charge on any atom is -0.334 e. The maximum Gasteiger partial charge on any atom is 0.238 e. The van der Waals surface area contributed by atoms with Gasteiger partial charge in [-0.1, -0.05) is 11.6 Å². The molecule has 128 valence electrons. The molecule has 0 saturated heterocycles. The summed E-state index contributed by atoms with van der Waals surface area (Å²) in [5.41, 5.74) is 0.755. The average Bonchev–Trinajstić information content (AvgIpc) is 3.05. The van der Waals surface area contributed by atoms with E-state index in [1.165, 1.54) is 4.90 Å². The zero-order chi connectivity index (χ0) is 17.3. The third-order valence-electron chi connectivity index (χ3n) is 4.29. The molecule has 1 aromatic carbocycles. The molecule has 1 atom stereocenters. The van der Waals surface area contributed by atoms with Crippen molar-refractivity contribution < 1.29 is 13.6 Å². The number of fused-ring (bicyclic) bond motifs is 1. The van der Waals surface area contributed by atoms with Crippen LogP contribution in [0.1, 0.15) is 17.7 Å². The summed E-state index contributed by atoms with van der Waals surface area (Å²) >= 11 is 11.4. The number of hydrogen-bond acceptors (Lipinski definition) is 2. The SMILES string of the molecule is O=C(CCl)N(Cc1c(F)ccc(Cl)c1F)C1CCn2cncc2C1. The first-order chi connectivity index (χ1) is 11.5. The van der Waals surface area contributed by atoms with E-state index in [0.717, 1.165) is 17.8 Å². The molecule has 1 aliphatic heterocycles. The lowest BCUT2D eigenvalue weighted by Crippen LogP contribution is -2.44. The number of halogens is 4. The van der Waals surface area contributed by atoms with Crippen LogP contribution in [0.2, 0.25) is 5.02 Å². The Hall–Kier alpha value is -1.66. The van der Waals surface area contributed by atoms with E-state index in [1.807, 2.05) is 4.57 Å². The van der Waals surface area contributed by atoms with Gasteiger partial charge < -0.3 is 9.47 Å². The molecule has 0 saturated carbocycles. The Kier molecular flexibility index (Phi) is 5.06. The summed E-state index contributed by atoms with van der Waals surface area (Å²) in [7, 11) is 0. The molecular formula is C16H15Cl2F2N3O. The van der Waals surface area contributed by atoms with Crippen molar-refractivity contribution in [3.63, 3.8) is 0 Å². The van der Waals surface area contributed by atoms with Gasteiger partial charge in [0, 0.05) is 36.5 Å². The minimum absolute atomic E-state index is 0.175. The zero-order valence-corrected chi connectivity index (χ0v) is 14.2. The summed E-state index contributed by atoms with van der Waals surface area (Å²) < 4.78 is 30.2. The zero-order valence-electron chi connectivity index (χ0n) is 12.7. The summed E-state index contributed by atoms with van der Waals surface area (Å²) in [6.45, 7) is 0.481. The number of carbonyl (C=O) groups is 1. The van der Waals surface area contributed by atoms with Crippen LogP contribution < -0.4 is 0 Å². The van der Waals surface area contributed by atoms with Crippen LogP contribution in [0.4, 0.5) is 8.78 Å². The van der Waals surface area contributed by atoms with E-state index in [4.69, 9.17) is 23.2 Å². The number of aryl methyl sites for hydroxylation is 1. The van der Waals surface area contributed by atoms with Gasteiger partial charge in [-0.25, -0.2) is 13.8 Å². The van der Waals surface area contributed by atoms with Crippen LogP contribution >= 0.6 is 23.2 Å². The predicted molar refractivity (Wildman–Crippen MR) is 87.0 cm³/mol. The number of carbonyl (C=O) groups excluding carboxylic acids is 1. The van der Waals surface area contributed by atoms with Gasteiger partial charge in [0.05, 0.1) is 17.9 Å². The van der Waals surface area contributed by atoms with Crippen LogP contribution in [0.5, 0.6) is 0 Å². The first-order valence-corrected chi connectivity index (χ1v) is 8.39. The van der Waals surface area contributed by atoms with Gasteiger partial charge in [-0.05, 0) is 18.6 Å². The second kappa shape index (κ2) is 7.07. The number of nitrogens with zero attached hydrogens (tertiary/aromatic N) is 3. The number of alkyl halides is 1. The second-order valence-corrected chi connectivity index (χ2v) is 6.38. The lowest BCUT2D eigenvalue weighted by Gasteiger charge is -2.35. The van der Waals surface area contributed by atoms with Crippen molar-refractivity contribution in [2.75, 3.05) is 5.88 Å². The Labute approximate surface area is 148 Å². The number of rotatable bonds is 4. The van der Waals surface area contributed by atoms with Crippen LogP contribution in [0.15, 0.2) is 24.7 Å². The Morgan fingerprint density at radius 2 is 2.21 bits per heavy atom. The lowest BCUT2D eigenvalue weighted by molar-refractivity contribution is -0.132. The van der Waals surface area contributed by atoms with Crippen LogP contribution in [0.25, 0.3) is 0 Å². The van der Waals surface area contributed by atoms with Crippen molar-refractivity contribution in [3.8, 4) is 0 Å². The molecule has 0 radical (unpaired) electrons. The van der Waals surface area contributed by atoms with Crippen LogP contribution in [0.3, 0.4) is 0 Å². The average molecular weight is 374 g/mol. The molecule has 4 nitrogen and oxygen atoms in total. The van der Waals surface area contributed by atoms with Gasteiger partial charge in [0.15, 0.2) is 0 Å². The summed E-state index contributed by atoms with van der Waals surface area (Å²) in [5.74, 6) is -2.19. The maximum absolute atomic E-state index is 14.2. The third-order valence-corrected chi connectivity index (χ3v) is 4.81. The molecular weight excluding hydrogens is 359 g/mol. The van der Waals surface area contributed by atoms with Gasteiger partial charge in [0.1, 0.15) is 17.5 Å². The van der Waals surface area contributed by atoms with E-state index in [0.29, 0.717) is 19.4 Å². The highest BCUT2D eigenvalue weighted by atomic mass is 35.5. The molecule has 0 spiro atoms. The summed E-state index contributed by atoms with van der Waals surface area (Å²) in [4.78, 5) is 17.8. The van der Waals surface area contributed by atoms with Gasteiger partial charge in [-0.2, -0.15) is 0 Å². The van der Waals surface area contributed by atoms with Gasteiger partial charge in [-0.15, -0.1) is 11.6 Å². The van der Waals surface area contributed by atoms with Crippen molar-refractivity contribution in [2.45, 2.75) is 32.0 Å². The van der Waals surface area contributed by atoms with Crippen molar-refractivity contribution in [2.24, 2.45) is 0 Å². The largest absolute Gasteiger partial charge is 0.334 e. The standard InChI is InChI=1S/C16H15Cl2F2N3O/c17-6-15(24)23(8-12-14(19)2-1-13(18)16(12)20)10-3-4-22-9-21-7-11(22)5-10/h1-2,7,9-10H,3-6,8H2. The van der Waals surface area contributed by atoms with E-state index >= 15 is 0 Å². The van der Waals surface area contributed by atoms with E-state index in [1.54, 1.807) is 12.5 Å². The molecule has 3 rings (SSSR count). The van der Waals surface area contributed by atoms with E-state index < -0.39 is 11.6 Å². The van der Waals surface area contributed by atoms with Gasteiger partial charge >= 0.3 is 0 Å². The second-order valence-electron chi connectivity index (χ2n) is 5.70. The molecule has 1 aliphatic rings. The van der Waals surface area contributed by atoms with Crippen molar-refractivity contribution in [3.05, 3.63) is 52.6 Å². The van der Waals surface area contributed by atoms with Crippen LogP contribution in [-0.4, -0.2) is 32.3 Å². The van der Waals surface area contributed by atoms with Gasteiger partial charge in [-0.3, -0.25) is 4.79 Å². The molecule has 1 unspecified atom stereocenters. The summed E-state index contributed by atoms with van der Waals surface area (Å²) in [6, 6.07) is 2.06. The lowest BCUT2D eigenvalue weighted by atomic mass is 10.0. The maximum atomic E-state index is 14.2. The van der Waals surface area contributed by atoms with Crippen molar-refractivity contribution in [1.29, 1.82) is 0 Å². The topological polar surface area (TPSA) is 38.1 Å². The number of aromatic nitrogens is 2. The molecule has 24 heavy (non-hydrogen) atoms. The Bertz CT molecular complexity index is 766. The fourth-order valence-electron chi connectivity index (χ4n) is 3.00. The first-order valence-electron chi connectivity index (χ1n) is 7.48. The molecule has 0 aliphatic carbocycles. The highest BCUT2D eigenvalue weighted by Gasteiger charge is 2.29. The van der Waals surface area contributed by atoms with Crippen LogP contribution in [-0.2, 0) is 24.3 Å². The highest BCUT2D eigenvalue weighted by molar-refractivity contribution is 6.30. The molecule has 2 heterocycles. The number of imidazole rings is 1. The van der Waals surface area contributed by atoms with Crippen LogP contribution in [0, 0.1) is 11.6 Å². The monoisotopic (exact) mass is 373 g/mol. The Balaban J connectivity index is 1.89. The normalized spacial score (nSPS) is 16.8. The van der Waals surface area contributed by atoms with E-state index in [-0.39, 0.29) is 35.0 Å². The Morgan fingerprint density at radius 1 is 1.42 bits per heavy atom. The van der Waals surface area contributed by atoms with Crippen molar-refractivity contribution in [1.82, 2.24) is 14.5 Å². The molecule has 0 N–H and O–H groups in total. The fourth-order valence-corrected chi connectivity index (χ4v) is 3.33. The molecule has 1 aromatic heterocycles. The third kappa shape index (κ3) is 3.26. The molecule has 2 aromatic rings. The first kappa shape index (κ1) is 17.2. The Morgan fingerprint density at radius 3 is 2.96 bits per heavy atom. The number of hydrogen-bond donors (Lipinski definition) is 0. The molecule has 0 bridgehead atoms. The quantitative estimate of drug-likeness (QED) is 0.608. The van der Waals surface area contributed by atoms with Gasteiger partial charge in [0.25, 0.3) is 0 Å². The van der Waals surface area contributed by atoms with Crippen molar-refractivity contribution >= 4 is 29.1 Å². The smallest absolute Gasteiger partial charge is 0.238 e. The minimum atomic E-state index is -0.843. The van der Waals surface area contributed by atoms with Gasteiger partial charge in [0.2, 0.25) is 5.91 Å². The molecule has 8 heteroatoms. The predicted octanol–water partition coefficient (Wildman–Crippen LogP) is 3.40. The highest BCUT2D eigenvalue weighted by Crippen LogP contribution is 2.26.